The zero-order chi connectivity index (χ0) is 28.4. The summed E-state index contributed by atoms with van der Waals surface area (Å²) in [5, 5.41) is 35.3. The zero-order valence-electron chi connectivity index (χ0n) is 20.9. The van der Waals surface area contributed by atoms with E-state index in [9.17, 15) is 34.2 Å². The molecule has 0 bridgehead atoms. The number of carbonyl (C=O) groups is 5. The van der Waals surface area contributed by atoms with Gasteiger partial charge in [-0.15, -0.1) is 0 Å². The number of carboxylic acids is 2. The number of H-pyrrole nitrogens is 1. The number of imidazole rings is 1. The average molecular weight is 533 g/mol. The minimum Gasteiger partial charge on any atom is -0.508 e. The summed E-state index contributed by atoms with van der Waals surface area (Å²) in [6.45, 7) is 3.23. The highest BCUT2D eigenvalue weighted by atomic mass is 16.4. The number of phenolic OH excluding ortho intramolecular Hbond substituents is 1. The van der Waals surface area contributed by atoms with Gasteiger partial charge in [0, 0.05) is 24.7 Å². The van der Waals surface area contributed by atoms with Crippen molar-refractivity contribution >= 4 is 29.7 Å². The van der Waals surface area contributed by atoms with Crippen LogP contribution in [-0.4, -0.2) is 79.1 Å². The number of benzene rings is 1. The number of nitrogens with zero attached hydrogens (tertiary/aromatic N) is 1. The maximum Gasteiger partial charge on any atom is 0.326 e. The van der Waals surface area contributed by atoms with Crippen LogP contribution in [-0.2, 0) is 36.8 Å². The van der Waals surface area contributed by atoms with Gasteiger partial charge in [-0.3, -0.25) is 19.2 Å². The van der Waals surface area contributed by atoms with Gasteiger partial charge in [-0.25, -0.2) is 9.78 Å². The van der Waals surface area contributed by atoms with Crippen molar-refractivity contribution in [3.8, 4) is 5.75 Å². The number of aromatic amines is 1. The van der Waals surface area contributed by atoms with Crippen LogP contribution in [0.1, 0.15) is 31.5 Å². The van der Waals surface area contributed by atoms with Gasteiger partial charge in [0.25, 0.3) is 0 Å². The molecule has 9 N–H and O–H groups in total. The molecule has 0 fully saturated rings. The average Bonchev–Trinajstić information content (AvgIpc) is 3.35. The second-order valence-corrected chi connectivity index (χ2v) is 9.05. The fraction of sp³-hybridized carbons (Fsp3) is 0.417. The van der Waals surface area contributed by atoms with Crippen molar-refractivity contribution in [2.75, 3.05) is 0 Å². The van der Waals surface area contributed by atoms with E-state index in [4.69, 9.17) is 10.8 Å². The molecule has 0 aliphatic rings. The summed E-state index contributed by atoms with van der Waals surface area (Å²) in [5.41, 5.74) is 6.64. The van der Waals surface area contributed by atoms with E-state index >= 15 is 0 Å². The van der Waals surface area contributed by atoms with Crippen LogP contribution in [0.15, 0.2) is 36.8 Å². The fourth-order valence-corrected chi connectivity index (χ4v) is 3.50. The SMILES string of the molecule is CC(C)C(NC(=O)C(Cc1ccc(O)cc1)NC(=O)C(Cc1cnc[nH]1)NC(=O)C(N)CC(=O)O)C(=O)O. The van der Waals surface area contributed by atoms with Crippen molar-refractivity contribution < 1.29 is 39.3 Å². The smallest absolute Gasteiger partial charge is 0.326 e. The Labute approximate surface area is 218 Å². The number of carboxylic acid groups (broad SMARTS) is 2. The molecular weight excluding hydrogens is 500 g/mol. The lowest BCUT2D eigenvalue weighted by Crippen LogP contribution is -2.58. The highest BCUT2D eigenvalue weighted by Gasteiger charge is 2.32. The Hall–Kier alpha value is -4.46. The molecule has 206 valence electrons. The summed E-state index contributed by atoms with van der Waals surface area (Å²) in [6, 6.07) is 0.664. The van der Waals surface area contributed by atoms with E-state index in [1.165, 1.54) is 36.8 Å². The van der Waals surface area contributed by atoms with Gasteiger partial charge < -0.3 is 42.0 Å². The first-order valence-corrected chi connectivity index (χ1v) is 11.7. The van der Waals surface area contributed by atoms with Gasteiger partial charge in [-0.2, -0.15) is 0 Å². The van der Waals surface area contributed by atoms with E-state index in [1.54, 1.807) is 13.8 Å². The van der Waals surface area contributed by atoms with Crippen molar-refractivity contribution in [1.82, 2.24) is 25.9 Å². The molecule has 0 aliphatic carbocycles. The Morgan fingerprint density at radius 1 is 0.921 bits per heavy atom. The number of phenols is 1. The van der Waals surface area contributed by atoms with Crippen molar-refractivity contribution in [3.63, 3.8) is 0 Å². The summed E-state index contributed by atoms with van der Waals surface area (Å²) in [5.74, 6) is -5.48. The molecule has 0 saturated heterocycles. The third-order valence-electron chi connectivity index (χ3n) is 5.58. The minimum absolute atomic E-state index is 0.00966. The number of rotatable bonds is 14. The Bertz CT molecular complexity index is 1120. The third kappa shape index (κ3) is 9.20. The molecule has 0 saturated carbocycles. The van der Waals surface area contributed by atoms with Crippen molar-refractivity contribution in [2.24, 2.45) is 11.7 Å². The van der Waals surface area contributed by atoms with Crippen LogP contribution in [0.2, 0.25) is 0 Å². The van der Waals surface area contributed by atoms with Gasteiger partial charge in [0.1, 0.15) is 23.9 Å². The number of hydrogen-bond acceptors (Lipinski definition) is 8. The zero-order valence-corrected chi connectivity index (χ0v) is 20.9. The van der Waals surface area contributed by atoms with Crippen LogP contribution in [0.4, 0.5) is 0 Å². The summed E-state index contributed by atoms with van der Waals surface area (Å²) < 4.78 is 0. The summed E-state index contributed by atoms with van der Waals surface area (Å²) in [4.78, 5) is 68.1. The fourth-order valence-electron chi connectivity index (χ4n) is 3.50. The van der Waals surface area contributed by atoms with Gasteiger partial charge in [0.2, 0.25) is 17.7 Å². The first kappa shape index (κ1) is 29.8. The summed E-state index contributed by atoms with van der Waals surface area (Å²) >= 11 is 0. The normalized spacial score (nSPS) is 14.1. The second kappa shape index (κ2) is 13.7. The van der Waals surface area contributed by atoms with Crippen molar-refractivity contribution in [3.05, 3.63) is 48.0 Å². The molecule has 1 heterocycles. The Balaban J connectivity index is 2.30. The summed E-state index contributed by atoms with van der Waals surface area (Å²) in [6.07, 6.45) is 1.97. The van der Waals surface area contributed by atoms with E-state index in [2.05, 4.69) is 25.9 Å². The predicted molar refractivity (Wildman–Crippen MR) is 133 cm³/mol. The van der Waals surface area contributed by atoms with Gasteiger partial charge in [-0.1, -0.05) is 26.0 Å². The molecule has 14 nitrogen and oxygen atoms in total. The molecule has 38 heavy (non-hydrogen) atoms. The number of hydrogen-bond donors (Lipinski definition) is 8. The number of nitrogens with one attached hydrogen (secondary N) is 4. The maximum atomic E-state index is 13.3. The number of aromatic hydroxyl groups is 1. The van der Waals surface area contributed by atoms with Crippen LogP contribution < -0.4 is 21.7 Å². The molecule has 0 radical (unpaired) electrons. The van der Waals surface area contributed by atoms with E-state index < -0.39 is 66.2 Å². The highest BCUT2D eigenvalue weighted by molar-refractivity contribution is 5.95. The van der Waals surface area contributed by atoms with Crippen LogP contribution in [0.25, 0.3) is 0 Å². The molecule has 2 aromatic rings. The molecule has 1 aromatic carbocycles. The molecule has 0 spiro atoms. The van der Waals surface area contributed by atoms with Crippen LogP contribution in [0.3, 0.4) is 0 Å². The molecule has 0 aliphatic heterocycles. The number of nitrogens with two attached hydrogens (primary N) is 1. The predicted octanol–water partition coefficient (Wildman–Crippen LogP) is -1.10. The van der Waals surface area contributed by atoms with E-state index in [-0.39, 0.29) is 18.6 Å². The molecule has 4 atom stereocenters. The maximum absolute atomic E-state index is 13.3. The van der Waals surface area contributed by atoms with Crippen LogP contribution in [0.5, 0.6) is 5.75 Å². The lowest BCUT2D eigenvalue weighted by molar-refractivity contribution is -0.143. The van der Waals surface area contributed by atoms with Crippen LogP contribution in [0, 0.1) is 5.92 Å². The Kier molecular flexibility index (Phi) is 10.8. The van der Waals surface area contributed by atoms with E-state index in [0.29, 0.717) is 11.3 Å². The monoisotopic (exact) mass is 532 g/mol. The lowest BCUT2D eigenvalue weighted by atomic mass is 10.0. The van der Waals surface area contributed by atoms with Gasteiger partial charge >= 0.3 is 11.9 Å². The van der Waals surface area contributed by atoms with Crippen molar-refractivity contribution in [2.45, 2.75) is 57.3 Å². The number of amides is 3. The molecule has 2 rings (SSSR count). The largest absolute Gasteiger partial charge is 0.508 e. The first-order chi connectivity index (χ1) is 17.9. The first-order valence-electron chi connectivity index (χ1n) is 11.7. The molecule has 4 unspecified atom stereocenters. The van der Waals surface area contributed by atoms with Gasteiger partial charge in [0.15, 0.2) is 0 Å². The standard InChI is InChI=1S/C24H32N6O8/c1-12(2)20(24(37)38)30-23(36)17(7-13-3-5-15(31)6-4-13)29-22(35)18(8-14-10-26-11-27-14)28-21(34)16(25)9-19(32)33/h3-6,10-12,16-18,20,31H,7-9,25H2,1-2H3,(H,26,27)(H,28,34)(H,29,35)(H,30,36)(H,32,33)(H,37,38). The third-order valence-corrected chi connectivity index (χ3v) is 5.58. The molecular formula is C24H32N6O8. The highest BCUT2D eigenvalue weighted by Crippen LogP contribution is 2.13. The lowest BCUT2D eigenvalue weighted by Gasteiger charge is -2.26. The number of aromatic nitrogens is 2. The number of aliphatic carboxylic acids is 2. The quantitative estimate of drug-likeness (QED) is 0.146. The Morgan fingerprint density at radius 2 is 1.50 bits per heavy atom. The van der Waals surface area contributed by atoms with Crippen LogP contribution >= 0.6 is 0 Å². The van der Waals surface area contributed by atoms with Crippen molar-refractivity contribution in [1.29, 1.82) is 0 Å². The topological polar surface area (TPSA) is 237 Å². The van der Waals surface area contributed by atoms with Gasteiger partial charge in [-0.05, 0) is 23.6 Å². The minimum atomic E-state index is -1.43. The molecule has 14 heteroatoms. The van der Waals surface area contributed by atoms with E-state index in [0.717, 1.165) is 0 Å². The Morgan fingerprint density at radius 3 is 2.03 bits per heavy atom. The van der Waals surface area contributed by atoms with E-state index in [1.807, 2.05) is 0 Å². The summed E-state index contributed by atoms with van der Waals surface area (Å²) in [7, 11) is 0. The van der Waals surface area contributed by atoms with Gasteiger partial charge in [0.05, 0.1) is 18.8 Å². The second-order valence-electron chi connectivity index (χ2n) is 9.05. The molecule has 3 amide bonds. The molecule has 1 aromatic heterocycles. The number of carbonyl (C=O) groups excluding carboxylic acids is 3.